The maximum atomic E-state index is 6.64. The van der Waals surface area contributed by atoms with E-state index in [2.05, 4.69) is 56.0 Å². The molecule has 4 heterocycles. The van der Waals surface area contributed by atoms with Crippen molar-refractivity contribution in [2.75, 3.05) is 42.9 Å². The second-order valence-electron chi connectivity index (χ2n) is 7.96. The number of piperazine rings is 1. The van der Waals surface area contributed by atoms with Crippen LogP contribution >= 0.6 is 11.6 Å². The Kier molecular flexibility index (Phi) is 5.38. The van der Waals surface area contributed by atoms with Gasteiger partial charge in [0.2, 0.25) is 0 Å². The quantitative estimate of drug-likeness (QED) is 0.481. The number of halogens is 1. The minimum atomic E-state index is -0.00652. The van der Waals surface area contributed by atoms with E-state index in [0.29, 0.717) is 5.65 Å². The van der Waals surface area contributed by atoms with E-state index in [-0.39, 0.29) is 6.04 Å². The summed E-state index contributed by atoms with van der Waals surface area (Å²) in [4.78, 5) is 21.7. The van der Waals surface area contributed by atoms with Crippen LogP contribution in [0.15, 0.2) is 42.9 Å². The lowest BCUT2D eigenvalue weighted by atomic mass is 10.1. The lowest BCUT2D eigenvalue weighted by Gasteiger charge is -2.35. The van der Waals surface area contributed by atoms with E-state index in [4.69, 9.17) is 16.6 Å². The molecule has 31 heavy (non-hydrogen) atoms. The number of aromatic nitrogens is 4. The number of likely N-dealkylation sites (N-methyl/N-ethyl adjacent to an activating group) is 1. The molecule has 3 aromatic heterocycles. The number of pyridine rings is 2. The summed E-state index contributed by atoms with van der Waals surface area (Å²) in [5.74, 6) is 0.976. The van der Waals surface area contributed by atoms with Crippen LogP contribution < -0.4 is 10.2 Å². The standard InChI is InChI=1S/C23H26ClN7/c1-3-30-9-11-31(12-10-30)23-20-16(5-4-6-17(20)24)13-19(29-23)15(2)28-18-7-8-25-22-21(18)26-14-27-22/h4-8,13-15H,3,9-12H2,1-2H3,(H2,25,26,27,28)/t15-/m0/s1. The van der Waals surface area contributed by atoms with Crippen LogP contribution in [0.2, 0.25) is 5.02 Å². The lowest BCUT2D eigenvalue weighted by Crippen LogP contribution is -2.46. The molecule has 0 amide bonds. The Balaban J connectivity index is 1.52. The number of nitrogens with zero attached hydrogens (tertiary/aromatic N) is 5. The van der Waals surface area contributed by atoms with Crippen molar-refractivity contribution in [2.45, 2.75) is 19.9 Å². The maximum absolute atomic E-state index is 6.64. The normalized spacial score (nSPS) is 16.2. The van der Waals surface area contributed by atoms with Crippen LogP contribution in [0.25, 0.3) is 21.9 Å². The topological polar surface area (TPSA) is 73.0 Å². The monoisotopic (exact) mass is 435 g/mol. The van der Waals surface area contributed by atoms with Gasteiger partial charge in [-0.2, -0.15) is 0 Å². The van der Waals surface area contributed by atoms with Crippen LogP contribution in [-0.4, -0.2) is 57.6 Å². The molecule has 1 aromatic carbocycles. The van der Waals surface area contributed by atoms with Crippen molar-refractivity contribution in [3.8, 4) is 0 Å². The first-order chi connectivity index (χ1) is 15.1. The van der Waals surface area contributed by atoms with E-state index >= 15 is 0 Å². The Hall–Kier alpha value is -2.90. The van der Waals surface area contributed by atoms with Crippen molar-refractivity contribution in [1.29, 1.82) is 0 Å². The molecule has 1 atom stereocenters. The minimum Gasteiger partial charge on any atom is -0.375 e. The summed E-state index contributed by atoms with van der Waals surface area (Å²) >= 11 is 6.64. The van der Waals surface area contributed by atoms with Crippen molar-refractivity contribution in [3.05, 3.63) is 53.6 Å². The summed E-state index contributed by atoms with van der Waals surface area (Å²) in [6, 6.07) is 10.2. The Labute approximate surface area is 186 Å². The molecular weight excluding hydrogens is 410 g/mol. The molecule has 5 rings (SSSR count). The number of hydrogen-bond acceptors (Lipinski definition) is 6. The molecule has 1 aliphatic heterocycles. The number of rotatable bonds is 5. The fourth-order valence-corrected chi connectivity index (χ4v) is 4.54. The van der Waals surface area contributed by atoms with Crippen molar-refractivity contribution >= 4 is 45.0 Å². The van der Waals surface area contributed by atoms with Gasteiger partial charge in [0.05, 0.1) is 28.8 Å². The van der Waals surface area contributed by atoms with E-state index < -0.39 is 0 Å². The first kappa shape index (κ1) is 20.0. The highest BCUT2D eigenvalue weighted by Gasteiger charge is 2.22. The predicted molar refractivity (Wildman–Crippen MR) is 127 cm³/mol. The van der Waals surface area contributed by atoms with E-state index in [1.54, 1.807) is 12.5 Å². The van der Waals surface area contributed by atoms with E-state index in [0.717, 1.165) is 71.2 Å². The van der Waals surface area contributed by atoms with Crippen LogP contribution in [0, 0.1) is 0 Å². The highest BCUT2D eigenvalue weighted by molar-refractivity contribution is 6.36. The summed E-state index contributed by atoms with van der Waals surface area (Å²) < 4.78 is 0. The maximum Gasteiger partial charge on any atom is 0.179 e. The highest BCUT2D eigenvalue weighted by atomic mass is 35.5. The Morgan fingerprint density at radius 1 is 1.16 bits per heavy atom. The Bertz CT molecular complexity index is 1210. The Morgan fingerprint density at radius 3 is 2.81 bits per heavy atom. The largest absolute Gasteiger partial charge is 0.375 e. The van der Waals surface area contributed by atoms with E-state index in [1.807, 2.05) is 18.2 Å². The molecule has 0 saturated carbocycles. The molecule has 2 N–H and O–H groups in total. The summed E-state index contributed by atoms with van der Waals surface area (Å²) in [6.45, 7) is 9.40. The number of hydrogen-bond donors (Lipinski definition) is 2. The summed E-state index contributed by atoms with van der Waals surface area (Å²) in [5.41, 5.74) is 3.53. The van der Waals surface area contributed by atoms with Crippen LogP contribution in [0.4, 0.5) is 11.5 Å². The highest BCUT2D eigenvalue weighted by Crippen LogP contribution is 2.34. The van der Waals surface area contributed by atoms with Crippen LogP contribution in [0.1, 0.15) is 25.6 Å². The van der Waals surface area contributed by atoms with Gasteiger partial charge in [0, 0.05) is 37.8 Å². The fourth-order valence-electron chi connectivity index (χ4n) is 4.27. The zero-order chi connectivity index (χ0) is 21.4. The average molecular weight is 436 g/mol. The molecule has 0 spiro atoms. The molecule has 7 nitrogen and oxygen atoms in total. The van der Waals surface area contributed by atoms with Gasteiger partial charge >= 0.3 is 0 Å². The van der Waals surface area contributed by atoms with Crippen LogP contribution in [-0.2, 0) is 0 Å². The fraction of sp³-hybridized carbons (Fsp3) is 0.348. The van der Waals surface area contributed by atoms with Gasteiger partial charge in [-0.1, -0.05) is 30.7 Å². The number of benzene rings is 1. The third kappa shape index (κ3) is 3.79. The Morgan fingerprint density at radius 2 is 2.00 bits per heavy atom. The van der Waals surface area contributed by atoms with Gasteiger partial charge in [0.1, 0.15) is 11.3 Å². The van der Waals surface area contributed by atoms with Crippen molar-refractivity contribution in [1.82, 2.24) is 24.8 Å². The molecule has 0 unspecified atom stereocenters. The summed E-state index contributed by atoms with van der Waals surface area (Å²) in [6.07, 6.45) is 3.43. The number of aromatic amines is 1. The minimum absolute atomic E-state index is 0.00652. The predicted octanol–water partition coefficient (Wildman–Crippen LogP) is 4.47. The summed E-state index contributed by atoms with van der Waals surface area (Å²) in [7, 11) is 0. The van der Waals surface area contributed by atoms with Crippen molar-refractivity contribution in [2.24, 2.45) is 0 Å². The molecule has 1 fully saturated rings. The van der Waals surface area contributed by atoms with Crippen LogP contribution in [0.3, 0.4) is 0 Å². The zero-order valence-corrected chi connectivity index (χ0v) is 18.5. The molecule has 1 aliphatic rings. The smallest absolute Gasteiger partial charge is 0.179 e. The first-order valence-corrected chi connectivity index (χ1v) is 11.1. The van der Waals surface area contributed by atoms with Crippen molar-refractivity contribution < 1.29 is 0 Å². The number of anilines is 2. The lowest BCUT2D eigenvalue weighted by molar-refractivity contribution is 0.270. The zero-order valence-electron chi connectivity index (χ0n) is 17.8. The van der Waals surface area contributed by atoms with Crippen molar-refractivity contribution in [3.63, 3.8) is 0 Å². The molecule has 160 valence electrons. The molecule has 4 aromatic rings. The van der Waals surface area contributed by atoms with Crippen LogP contribution in [0.5, 0.6) is 0 Å². The van der Waals surface area contributed by atoms with Gasteiger partial charge in [-0.15, -0.1) is 0 Å². The second-order valence-corrected chi connectivity index (χ2v) is 8.36. The van der Waals surface area contributed by atoms with Gasteiger partial charge in [0.15, 0.2) is 5.65 Å². The third-order valence-corrected chi connectivity index (χ3v) is 6.38. The molecule has 8 heteroatoms. The van der Waals surface area contributed by atoms with Gasteiger partial charge in [-0.3, -0.25) is 0 Å². The third-order valence-electron chi connectivity index (χ3n) is 6.07. The number of fused-ring (bicyclic) bond motifs is 2. The molecular formula is C23H26ClN7. The molecule has 0 bridgehead atoms. The molecule has 0 radical (unpaired) electrons. The van der Waals surface area contributed by atoms with Gasteiger partial charge in [0.25, 0.3) is 0 Å². The number of imidazole rings is 1. The van der Waals surface area contributed by atoms with Gasteiger partial charge in [-0.25, -0.2) is 15.0 Å². The second kappa shape index (κ2) is 8.32. The average Bonchev–Trinajstić information content (AvgIpc) is 3.28. The molecule has 1 saturated heterocycles. The summed E-state index contributed by atoms with van der Waals surface area (Å²) in [5, 5.41) is 6.47. The number of nitrogens with one attached hydrogen (secondary N) is 2. The molecule has 0 aliphatic carbocycles. The van der Waals surface area contributed by atoms with E-state index in [9.17, 15) is 0 Å². The van der Waals surface area contributed by atoms with E-state index in [1.165, 1.54) is 0 Å². The van der Waals surface area contributed by atoms with Gasteiger partial charge < -0.3 is 20.1 Å². The SMILES string of the molecule is CCN1CCN(c2nc([C@H](C)Nc3ccnc4nc[nH]c34)cc3cccc(Cl)c23)CC1. The number of H-pyrrole nitrogens is 1. The van der Waals surface area contributed by atoms with Gasteiger partial charge in [-0.05, 0) is 37.1 Å². The first-order valence-electron chi connectivity index (χ1n) is 10.7.